The number of ether oxygens (including phenoxy) is 2. The molecule has 0 spiro atoms. The average molecular weight is 243 g/mol. The fraction of sp³-hybridized carbons (Fsp3) is 0.400. The van der Waals surface area contributed by atoms with E-state index in [1.54, 1.807) is 18.2 Å². The second-order valence-corrected chi connectivity index (χ2v) is 5.37. The summed E-state index contributed by atoms with van der Waals surface area (Å²) >= 11 is 0. The van der Waals surface area contributed by atoms with Gasteiger partial charge in [0.2, 0.25) is 10.0 Å². The molecular weight excluding hydrogens is 230 g/mol. The molecule has 0 saturated carbocycles. The van der Waals surface area contributed by atoms with Gasteiger partial charge in [0.1, 0.15) is 13.2 Å². The third kappa shape index (κ3) is 2.45. The fourth-order valence-corrected chi connectivity index (χ4v) is 2.23. The van der Waals surface area contributed by atoms with Crippen molar-refractivity contribution in [3.63, 3.8) is 0 Å². The van der Waals surface area contributed by atoms with E-state index in [9.17, 15) is 8.42 Å². The predicted octanol–water partition coefficient (Wildman–Crippen LogP) is 0.507. The highest BCUT2D eigenvalue weighted by Crippen LogP contribution is 2.31. The van der Waals surface area contributed by atoms with Gasteiger partial charge in [0.25, 0.3) is 0 Å². The van der Waals surface area contributed by atoms with Gasteiger partial charge in [-0.1, -0.05) is 6.07 Å². The molecule has 5 nitrogen and oxygen atoms in total. The first kappa shape index (κ1) is 11.2. The summed E-state index contributed by atoms with van der Waals surface area (Å²) in [6.45, 7) is 1.02. The van der Waals surface area contributed by atoms with Crippen molar-refractivity contribution in [2.75, 3.05) is 20.3 Å². The van der Waals surface area contributed by atoms with E-state index in [-0.39, 0.29) is 5.75 Å². The summed E-state index contributed by atoms with van der Waals surface area (Å²) in [6.07, 6.45) is 0. The van der Waals surface area contributed by atoms with Gasteiger partial charge in [0.05, 0.1) is 5.75 Å². The summed E-state index contributed by atoms with van der Waals surface area (Å²) in [4.78, 5) is 0. The minimum absolute atomic E-state index is 0.0554. The number of hydrogen-bond donors (Lipinski definition) is 1. The normalized spacial score (nSPS) is 14.8. The van der Waals surface area contributed by atoms with Gasteiger partial charge < -0.3 is 9.47 Å². The maximum atomic E-state index is 11.4. The summed E-state index contributed by atoms with van der Waals surface area (Å²) < 4.78 is 35.7. The highest BCUT2D eigenvalue weighted by atomic mass is 32.2. The first-order valence-corrected chi connectivity index (χ1v) is 6.56. The van der Waals surface area contributed by atoms with Crippen LogP contribution < -0.4 is 14.2 Å². The van der Waals surface area contributed by atoms with E-state index >= 15 is 0 Å². The average Bonchev–Trinajstić information content (AvgIpc) is 2.28. The molecule has 0 atom stereocenters. The lowest BCUT2D eigenvalue weighted by atomic mass is 10.2. The Balaban J connectivity index is 2.24. The number of rotatable bonds is 3. The standard InChI is InChI=1S/C10H13NO4S/c1-11-16(12,13)7-8-2-3-9-10(6-8)15-5-4-14-9/h2-3,6,11H,4-5,7H2,1H3. The quantitative estimate of drug-likeness (QED) is 0.840. The van der Waals surface area contributed by atoms with Crippen molar-refractivity contribution in [2.24, 2.45) is 0 Å². The molecule has 1 aliphatic heterocycles. The molecule has 16 heavy (non-hydrogen) atoms. The summed E-state index contributed by atoms with van der Waals surface area (Å²) in [6, 6.07) is 5.15. The number of hydrogen-bond acceptors (Lipinski definition) is 4. The lowest BCUT2D eigenvalue weighted by Gasteiger charge is -2.18. The van der Waals surface area contributed by atoms with E-state index in [0.29, 0.717) is 30.3 Å². The largest absolute Gasteiger partial charge is 0.486 e. The van der Waals surface area contributed by atoms with Gasteiger partial charge in [0.15, 0.2) is 11.5 Å². The third-order valence-corrected chi connectivity index (χ3v) is 3.61. The molecule has 0 fully saturated rings. The van der Waals surface area contributed by atoms with Gasteiger partial charge in [-0.25, -0.2) is 13.1 Å². The Labute approximate surface area is 94.4 Å². The van der Waals surface area contributed by atoms with Crippen LogP contribution in [-0.2, 0) is 15.8 Å². The van der Waals surface area contributed by atoms with Crippen LogP contribution in [0.15, 0.2) is 18.2 Å². The molecule has 0 saturated heterocycles. The monoisotopic (exact) mass is 243 g/mol. The molecule has 0 radical (unpaired) electrons. The minimum Gasteiger partial charge on any atom is -0.486 e. The molecule has 0 aromatic heterocycles. The molecule has 1 heterocycles. The van der Waals surface area contributed by atoms with E-state index in [2.05, 4.69) is 4.72 Å². The van der Waals surface area contributed by atoms with Crippen LogP contribution in [0.1, 0.15) is 5.56 Å². The number of nitrogens with one attached hydrogen (secondary N) is 1. The number of benzene rings is 1. The van der Waals surface area contributed by atoms with Gasteiger partial charge in [-0.2, -0.15) is 0 Å². The Bertz CT molecular complexity index is 484. The van der Waals surface area contributed by atoms with Gasteiger partial charge in [-0.3, -0.25) is 0 Å². The molecule has 0 amide bonds. The molecule has 88 valence electrons. The molecule has 2 rings (SSSR count). The Kier molecular flexibility index (Phi) is 3.02. The summed E-state index contributed by atoms with van der Waals surface area (Å²) in [7, 11) is -1.85. The first-order chi connectivity index (χ1) is 7.61. The van der Waals surface area contributed by atoms with E-state index in [4.69, 9.17) is 9.47 Å². The van der Waals surface area contributed by atoms with Gasteiger partial charge in [-0.05, 0) is 24.7 Å². The van der Waals surface area contributed by atoms with Gasteiger partial charge in [-0.15, -0.1) is 0 Å². The van der Waals surface area contributed by atoms with Crippen LogP contribution in [0.2, 0.25) is 0 Å². The lowest BCUT2D eigenvalue weighted by Crippen LogP contribution is -2.20. The first-order valence-electron chi connectivity index (χ1n) is 4.90. The molecule has 1 aliphatic rings. The molecule has 0 aliphatic carbocycles. The summed E-state index contributed by atoms with van der Waals surface area (Å²) in [5.74, 6) is 1.21. The molecule has 1 aromatic rings. The van der Waals surface area contributed by atoms with Crippen molar-refractivity contribution in [1.82, 2.24) is 4.72 Å². The highest BCUT2D eigenvalue weighted by Gasteiger charge is 2.14. The van der Waals surface area contributed by atoms with Crippen LogP contribution in [0.25, 0.3) is 0 Å². The highest BCUT2D eigenvalue weighted by molar-refractivity contribution is 7.88. The molecule has 0 bridgehead atoms. The smallest absolute Gasteiger partial charge is 0.215 e. The minimum atomic E-state index is -3.25. The van der Waals surface area contributed by atoms with Gasteiger partial charge >= 0.3 is 0 Å². The number of sulfonamides is 1. The molecular formula is C10H13NO4S. The van der Waals surface area contributed by atoms with Crippen LogP contribution in [-0.4, -0.2) is 28.7 Å². The van der Waals surface area contributed by atoms with Crippen molar-refractivity contribution in [3.05, 3.63) is 23.8 Å². The summed E-state index contributed by atoms with van der Waals surface area (Å²) in [5, 5.41) is 0. The zero-order chi connectivity index (χ0) is 11.6. The molecule has 1 aromatic carbocycles. The van der Waals surface area contributed by atoms with Crippen LogP contribution in [0.4, 0.5) is 0 Å². The van der Waals surface area contributed by atoms with Crippen molar-refractivity contribution in [2.45, 2.75) is 5.75 Å². The zero-order valence-corrected chi connectivity index (χ0v) is 9.71. The van der Waals surface area contributed by atoms with E-state index < -0.39 is 10.0 Å². The SMILES string of the molecule is CNS(=O)(=O)Cc1ccc2c(c1)OCCO2. The van der Waals surface area contributed by atoms with Crippen molar-refractivity contribution < 1.29 is 17.9 Å². The van der Waals surface area contributed by atoms with Crippen LogP contribution in [0.5, 0.6) is 11.5 Å². The van der Waals surface area contributed by atoms with Crippen LogP contribution in [0, 0.1) is 0 Å². The van der Waals surface area contributed by atoms with Gasteiger partial charge in [0, 0.05) is 0 Å². The lowest BCUT2D eigenvalue weighted by molar-refractivity contribution is 0.171. The van der Waals surface area contributed by atoms with Crippen molar-refractivity contribution in [1.29, 1.82) is 0 Å². The Hall–Kier alpha value is -1.27. The van der Waals surface area contributed by atoms with Crippen molar-refractivity contribution >= 4 is 10.0 Å². The third-order valence-electron chi connectivity index (χ3n) is 2.27. The van der Waals surface area contributed by atoms with Crippen LogP contribution >= 0.6 is 0 Å². The van der Waals surface area contributed by atoms with Crippen molar-refractivity contribution in [3.8, 4) is 11.5 Å². The fourth-order valence-electron chi connectivity index (χ4n) is 1.47. The zero-order valence-electron chi connectivity index (χ0n) is 8.89. The molecule has 1 N–H and O–H groups in total. The van der Waals surface area contributed by atoms with E-state index in [0.717, 1.165) is 0 Å². The second kappa shape index (κ2) is 4.31. The molecule has 6 heteroatoms. The maximum absolute atomic E-state index is 11.4. The Morgan fingerprint density at radius 2 is 1.94 bits per heavy atom. The Morgan fingerprint density at radius 1 is 1.25 bits per heavy atom. The maximum Gasteiger partial charge on any atom is 0.215 e. The predicted molar refractivity (Wildman–Crippen MR) is 59.1 cm³/mol. The molecule has 0 unspecified atom stereocenters. The van der Waals surface area contributed by atoms with Crippen LogP contribution in [0.3, 0.4) is 0 Å². The Morgan fingerprint density at radius 3 is 2.62 bits per heavy atom. The number of fused-ring (bicyclic) bond motifs is 1. The van der Waals surface area contributed by atoms with E-state index in [1.165, 1.54) is 7.05 Å². The van der Waals surface area contributed by atoms with E-state index in [1.807, 2.05) is 0 Å². The summed E-state index contributed by atoms with van der Waals surface area (Å²) in [5.41, 5.74) is 0.679. The second-order valence-electron chi connectivity index (χ2n) is 3.44. The topological polar surface area (TPSA) is 64.6 Å².